The van der Waals surface area contributed by atoms with Crippen molar-refractivity contribution in [3.8, 4) is 0 Å². The van der Waals surface area contributed by atoms with Crippen LogP contribution in [0.25, 0.3) is 10.9 Å². The molecular weight excluding hydrogens is 342 g/mol. The molecule has 0 bridgehead atoms. The van der Waals surface area contributed by atoms with Crippen LogP contribution in [0.15, 0.2) is 29.3 Å². The van der Waals surface area contributed by atoms with E-state index >= 15 is 0 Å². The van der Waals surface area contributed by atoms with Crippen LogP contribution in [0.2, 0.25) is 0 Å². The number of hydrogen-bond donors (Lipinski definition) is 1. The summed E-state index contributed by atoms with van der Waals surface area (Å²) in [6.07, 6.45) is 3.12. The van der Waals surface area contributed by atoms with Crippen molar-refractivity contribution in [3.05, 3.63) is 45.0 Å². The zero-order valence-corrected chi connectivity index (χ0v) is 14.0. The lowest BCUT2D eigenvalue weighted by atomic mass is 10.2. The van der Waals surface area contributed by atoms with E-state index in [4.69, 9.17) is 0 Å². The Kier molecular flexibility index (Phi) is 4.65. The number of rotatable bonds is 6. The number of nitro benzene ring substituents is 1. The molecule has 10 heteroatoms. The average Bonchev–Trinajstić information content (AvgIpc) is 3.40. The zero-order chi connectivity index (χ0) is 18.8. The number of nitrogens with one attached hydrogen (secondary N) is 1. The van der Waals surface area contributed by atoms with Crippen LogP contribution in [0.1, 0.15) is 12.8 Å². The number of nitro groups is 1. The second-order valence-corrected chi connectivity index (χ2v) is 6.23. The van der Waals surface area contributed by atoms with Crippen molar-refractivity contribution in [2.75, 3.05) is 13.6 Å². The lowest BCUT2D eigenvalue weighted by molar-refractivity contribution is -0.384. The molecule has 1 fully saturated rings. The third kappa shape index (κ3) is 3.85. The number of carbonyl (C=O) groups excluding carboxylic acids is 2. The molecular formula is C16H17N5O5. The first-order chi connectivity index (χ1) is 12.3. The molecule has 3 rings (SSSR count). The Hall–Kier alpha value is -3.30. The maximum absolute atomic E-state index is 12.5. The Labute approximate surface area is 147 Å². The molecule has 0 atom stereocenters. The standard InChI is InChI=1S/C16H17N5O5/c1-19(7-14(22)18-10-2-3-10)15(23)8-20-9-17-13-5-4-11(21(25)26)6-12(13)16(20)24/h4-6,9-10H,2-3,7-8H2,1H3,(H,18,22). The predicted molar refractivity (Wildman–Crippen MR) is 91.5 cm³/mol. The van der Waals surface area contributed by atoms with Crippen LogP contribution >= 0.6 is 0 Å². The van der Waals surface area contributed by atoms with Gasteiger partial charge in [0.15, 0.2) is 0 Å². The molecule has 1 aliphatic carbocycles. The van der Waals surface area contributed by atoms with Crippen molar-refractivity contribution in [1.82, 2.24) is 19.8 Å². The first-order valence-corrected chi connectivity index (χ1v) is 8.02. The molecule has 1 aromatic carbocycles. The lowest BCUT2D eigenvalue weighted by Crippen LogP contribution is -2.41. The summed E-state index contributed by atoms with van der Waals surface area (Å²) >= 11 is 0. The van der Waals surface area contributed by atoms with Gasteiger partial charge in [-0.2, -0.15) is 0 Å². The Bertz CT molecular complexity index is 950. The third-order valence-electron chi connectivity index (χ3n) is 4.07. The highest BCUT2D eigenvalue weighted by Gasteiger charge is 2.24. The maximum Gasteiger partial charge on any atom is 0.270 e. The van der Waals surface area contributed by atoms with Gasteiger partial charge in [-0.05, 0) is 18.9 Å². The van der Waals surface area contributed by atoms with E-state index in [9.17, 15) is 24.5 Å². The van der Waals surface area contributed by atoms with Crippen molar-refractivity contribution in [1.29, 1.82) is 0 Å². The monoisotopic (exact) mass is 359 g/mol. The summed E-state index contributed by atoms with van der Waals surface area (Å²) < 4.78 is 1.07. The number of non-ortho nitro benzene ring substituents is 1. The van der Waals surface area contributed by atoms with E-state index in [2.05, 4.69) is 10.3 Å². The van der Waals surface area contributed by atoms with Gasteiger partial charge in [0.1, 0.15) is 6.54 Å². The van der Waals surface area contributed by atoms with E-state index in [1.165, 1.54) is 30.4 Å². The van der Waals surface area contributed by atoms with Gasteiger partial charge in [-0.25, -0.2) is 4.98 Å². The van der Waals surface area contributed by atoms with Crippen LogP contribution in [0.3, 0.4) is 0 Å². The number of benzene rings is 1. The van der Waals surface area contributed by atoms with Crippen molar-refractivity contribution in [3.63, 3.8) is 0 Å². The van der Waals surface area contributed by atoms with Crippen molar-refractivity contribution >= 4 is 28.4 Å². The van der Waals surface area contributed by atoms with Crippen molar-refractivity contribution in [2.45, 2.75) is 25.4 Å². The minimum absolute atomic E-state index is 0.0589. The molecule has 1 aliphatic rings. The minimum atomic E-state index is -0.604. The van der Waals surface area contributed by atoms with Gasteiger partial charge in [0.05, 0.1) is 28.7 Å². The minimum Gasteiger partial charge on any atom is -0.352 e. The fraction of sp³-hybridized carbons (Fsp3) is 0.375. The van der Waals surface area contributed by atoms with Gasteiger partial charge in [-0.1, -0.05) is 0 Å². The molecule has 1 saturated carbocycles. The van der Waals surface area contributed by atoms with E-state index in [1.54, 1.807) is 0 Å². The lowest BCUT2D eigenvalue weighted by Gasteiger charge is -2.17. The molecule has 0 spiro atoms. The fourth-order valence-electron chi connectivity index (χ4n) is 2.44. The predicted octanol–water partition coefficient (Wildman–Crippen LogP) is 0.0417. The first-order valence-electron chi connectivity index (χ1n) is 8.02. The van der Waals surface area contributed by atoms with E-state index in [0.29, 0.717) is 5.52 Å². The molecule has 0 saturated heterocycles. The smallest absolute Gasteiger partial charge is 0.270 e. The van der Waals surface area contributed by atoms with Gasteiger partial charge in [-0.15, -0.1) is 0 Å². The molecule has 2 amide bonds. The Balaban J connectivity index is 1.75. The number of carbonyl (C=O) groups is 2. The first kappa shape index (κ1) is 17.5. The van der Waals surface area contributed by atoms with E-state index < -0.39 is 16.4 Å². The normalized spacial score (nSPS) is 13.4. The number of hydrogen-bond acceptors (Lipinski definition) is 6. The summed E-state index contributed by atoms with van der Waals surface area (Å²) in [5.41, 5.74) is -0.473. The SMILES string of the molecule is CN(CC(=O)NC1CC1)C(=O)Cn1cnc2ccc([N+](=O)[O-])cc2c1=O. The number of aromatic nitrogens is 2. The summed E-state index contributed by atoms with van der Waals surface area (Å²) in [5.74, 6) is -0.687. The van der Waals surface area contributed by atoms with Crippen LogP contribution in [0.4, 0.5) is 5.69 Å². The molecule has 10 nitrogen and oxygen atoms in total. The summed E-state index contributed by atoms with van der Waals surface area (Å²) in [6.45, 7) is -0.408. The van der Waals surface area contributed by atoms with Gasteiger partial charge in [0.2, 0.25) is 11.8 Å². The fourth-order valence-corrected chi connectivity index (χ4v) is 2.44. The van der Waals surface area contributed by atoms with Crippen molar-refractivity contribution in [2.24, 2.45) is 0 Å². The largest absolute Gasteiger partial charge is 0.352 e. The van der Waals surface area contributed by atoms with E-state index in [1.807, 2.05) is 0 Å². The van der Waals surface area contributed by atoms with Crippen LogP contribution in [-0.4, -0.2) is 50.8 Å². The molecule has 26 heavy (non-hydrogen) atoms. The molecule has 136 valence electrons. The average molecular weight is 359 g/mol. The van der Waals surface area contributed by atoms with Gasteiger partial charge in [0.25, 0.3) is 11.2 Å². The van der Waals surface area contributed by atoms with Gasteiger partial charge >= 0.3 is 0 Å². The molecule has 1 heterocycles. The maximum atomic E-state index is 12.5. The second-order valence-electron chi connectivity index (χ2n) is 6.23. The molecule has 1 aromatic heterocycles. The zero-order valence-electron chi connectivity index (χ0n) is 14.0. The summed E-state index contributed by atoms with van der Waals surface area (Å²) in [6, 6.07) is 3.98. The van der Waals surface area contributed by atoms with Crippen LogP contribution in [0, 0.1) is 10.1 Å². The van der Waals surface area contributed by atoms with Crippen LogP contribution in [-0.2, 0) is 16.1 Å². The third-order valence-corrected chi connectivity index (χ3v) is 4.07. The summed E-state index contributed by atoms with van der Waals surface area (Å²) in [5, 5.41) is 13.7. The second kappa shape index (κ2) is 6.90. The molecule has 1 N–H and O–H groups in total. The van der Waals surface area contributed by atoms with Crippen LogP contribution < -0.4 is 10.9 Å². The molecule has 2 aromatic rings. The molecule has 0 aliphatic heterocycles. The summed E-state index contributed by atoms with van der Waals surface area (Å²) in [7, 11) is 1.47. The van der Waals surface area contributed by atoms with Gasteiger partial charge in [0, 0.05) is 25.2 Å². The van der Waals surface area contributed by atoms with Crippen molar-refractivity contribution < 1.29 is 14.5 Å². The highest BCUT2D eigenvalue weighted by Crippen LogP contribution is 2.18. The number of fused-ring (bicyclic) bond motifs is 1. The Morgan fingerprint density at radius 2 is 2.15 bits per heavy atom. The highest BCUT2D eigenvalue weighted by atomic mass is 16.6. The highest BCUT2D eigenvalue weighted by molar-refractivity contribution is 5.85. The van der Waals surface area contributed by atoms with E-state index in [-0.39, 0.29) is 36.1 Å². The molecule has 0 unspecified atom stereocenters. The van der Waals surface area contributed by atoms with Gasteiger partial charge < -0.3 is 10.2 Å². The van der Waals surface area contributed by atoms with E-state index in [0.717, 1.165) is 23.5 Å². The number of amides is 2. The topological polar surface area (TPSA) is 127 Å². The Morgan fingerprint density at radius 3 is 2.81 bits per heavy atom. The number of nitrogens with zero attached hydrogens (tertiary/aromatic N) is 4. The Morgan fingerprint density at radius 1 is 1.42 bits per heavy atom. The van der Waals surface area contributed by atoms with Gasteiger partial charge in [-0.3, -0.25) is 29.1 Å². The number of likely N-dealkylation sites (N-methyl/N-ethyl adjacent to an activating group) is 1. The molecule has 0 radical (unpaired) electrons. The van der Waals surface area contributed by atoms with Crippen LogP contribution in [0.5, 0.6) is 0 Å². The quantitative estimate of drug-likeness (QED) is 0.573. The summed E-state index contributed by atoms with van der Waals surface area (Å²) in [4.78, 5) is 52.0.